The Balaban J connectivity index is 1.33. The van der Waals surface area contributed by atoms with Crippen LogP contribution in [0.3, 0.4) is 0 Å². The molecule has 4 aliphatic rings. The first-order valence-corrected chi connectivity index (χ1v) is 17.9. The van der Waals surface area contributed by atoms with Gasteiger partial charge in [0.2, 0.25) is 5.91 Å². The Morgan fingerprint density at radius 1 is 0.887 bits per heavy atom. The van der Waals surface area contributed by atoms with Gasteiger partial charge in [0.15, 0.2) is 0 Å². The third-order valence-electron chi connectivity index (χ3n) is 11.4. The molecule has 2 unspecified atom stereocenters. The molecule has 11 nitrogen and oxygen atoms in total. The predicted octanol–water partition coefficient (Wildman–Crippen LogP) is 5.30. The summed E-state index contributed by atoms with van der Waals surface area (Å²) in [6, 6.07) is 6.39. The molecule has 53 heavy (non-hydrogen) atoms. The number of carbonyl (C=O) groups is 3. The lowest BCUT2D eigenvalue weighted by molar-refractivity contribution is -0.141. The number of hydrogen-bond acceptors (Lipinski definition) is 6. The van der Waals surface area contributed by atoms with Gasteiger partial charge in [-0.25, -0.2) is 9.59 Å². The minimum Gasteiger partial charge on any atom is -0.465 e. The minimum absolute atomic E-state index is 0.0442. The smallest absolute Gasteiger partial charge is 0.418 e. The van der Waals surface area contributed by atoms with Gasteiger partial charge < -0.3 is 35.8 Å². The number of likely N-dealkylation sites (N-methyl/N-ethyl adjacent to an activating group) is 1. The number of urea groups is 1. The number of alkyl halides is 6. The van der Waals surface area contributed by atoms with Crippen molar-refractivity contribution in [3.63, 3.8) is 0 Å². The van der Waals surface area contributed by atoms with E-state index in [0.717, 1.165) is 36.6 Å². The Morgan fingerprint density at radius 2 is 1.49 bits per heavy atom. The number of piperazine rings is 1. The van der Waals surface area contributed by atoms with Crippen LogP contribution in [-0.2, 0) is 30.0 Å². The largest absolute Gasteiger partial charge is 0.465 e. The number of para-hydroxylation sites is 1. The van der Waals surface area contributed by atoms with Crippen molar-refractivity contribution in [1.82, 2.24) is 24.5 Å². The van der Waals surface area contributed by atoms with E-state index in [4.69, 9.17) is 5.73 Å². The molecule has 4 heterocycles. The first kappa shape index (κ1) is 38.5. The number of nitrogen functional groups attached to an aromatic ring is 1. The second kappa shape index (κ2) is 15.2. The van der Waals surface area contributed by atoms with Gasteiger partial charge in [-0.3, -0.25) is 9.69 Å². The van der Waals surface area contributed by atoms with Crippen LogP contribution in [0.15, 0.2) is 36.4 Å². The van der Waals surface area contributed by atoms with E-state index >= 15 is 0 Å². The molecule has 0 aliphatic carbocycles. The van der Waals surface area contributed by atoms with Crippen molar-refractivity contribution in [2.24, 2.45) is 5.92 Å². The highest BCUT2D eigenvalue weighted by Crippen LogP contribution is 2.43. The van der Waals surface area contributed by atoms with Crippen LogP contribution in [0.1, 0.15) is 47.9 Å². The monoisotopic (exact) mass is 753 g/mol. The average Bonchev–Trinajstić information content (AvgIpc) is 3.28. The van der Waals surface area contributed by atoms with Crippen molar-refractivity contribution in [3.8, 4) is 0 Å². The van der Waals surface area contributed by atoms with Crippen LogP contribution < -0.4 is 11.1 Å². The molecule has 17 heteroatoms. The maximum absolute atomic E-state index is 14.6. The normalized spacial score (nSPS) is 23.3. The molecule has 4 amide bonds. The minimum atomic E-state index is -5.23. The Morgan fingerprint density at radius 3 is 2.09 bits per heavy atom. The summed E-state index contributed by atoms with van der Waals surface area (Å²) in [5, 5.41) is 13.2. The van der Waals surface area contributed by atoms with Crippen LogP contribution in [0.5, 0.6) is 0 Å². The Hall–Kier alpha value is -4.25. The number of carboxylic acid groups (broad SMARTS) is 1. The highest BCUT2D eigenvalue weighted by molar-refractivity contribution is 5.91. The van der Waals surface area contributed by atoms with Gasteiger partial charge in [-0.05, 0) is 74.9 Å². The van der Waals surface area contributed by atoms with Gasteiger partial charge in [-0.15, -0.1) is 0 Å². The first-order chi connectivity index (χ1) is 25.0. The fourth-order valence-electron chi connectivity index (χ4n) is 8.43. The number of likely N-dealkylation sites (tertiary alicyclic amines) is 2. The van der Waals surface area contributed by atoms with Gasteiger partial charge in [-0.2, -0.15) is 26.3 Å². The van der Waals surface area contributed by atoms with E-state index in [2.05, 4.69) is 15.1 Å². The number of piperidine rings is 2. The average molecular weight is 754 g/mol. The number of nitrogens with two attached hydrogens (primary N) is 1. The van der Waals surface area contributed by atoms with E-state index in [1.165, 1.54) is 0 Å². The molecule has 0 radical (unpaired) electrons. The first-order valence-electron chi connectivity index (χ1n) is 17.9. The third-order valence-corrected chi connectivity index (χ3v) is 11.4. The molecule has 2 aromatic carbocycles. The number of halogens is 6. The Kier molecular flexibility index (Phi) is 11.1. The summed E-state index contributed by atoms with van der Waals surface area (Å²) in [7, 11) is 2.05. The van der Waals surface area contributed by atoms with Crippen LogP contribution >= 0.6 is 0 Å². The number of nitrogens with zero attached hydrogens (tertiary/aromatic N) is 5. The molecule has 4 N–H and O–H groups in total. The summed E-state index contributed by atoms with van der Waals surface area (Å²) in [5.74, 6) is -1.91. The molecule has 290 valence electrons. The van der Waals surface area contributed by atoms with Crippen LogP contribution in [0, 0.1) is 5.92 Å². The topological polar surface area (TPSA) is 126 Å². The molecule has 4 aliphatic heterocycles. The van der Waals surface area contributed by atoms with E-state index < -0.39 is 77.2 Å². The number of fused-ring (bicyclic) bond motifs is 1. The summed E-state index contributed by atoms with van der Waals surface area (Å²) in [5.41, 5.74) is 1.69. The lowest BCUT2D eigenvalue weighted by Crippen LogP contribution is -2.59. The van der Waals surface area contributed by atoms with Gasteiger partial charge in [0, 0.05) is 76.2 Å². The number of rotatable bonds is 6. The van der Waals surface area contributed by atoms with Crippen LogP contribution in [-0.4, -0.2) is 125 Å². The molecule has 0 bridgehead atoms. The second-order valence-corrected chi connectivity index (χ2v) is 14.6. The maximum Gasteiger partial charge on any atom is 0.418 e. The number of carbonyl (C=O) groups excluding carboxylic acids is 2. The Labute approximate surface area is 303 Å². The van der Waals surface area contributed by atoms with E-state index in [9.17, 15) is 45.8 Å². The highest BCUT2D eigenvalue weighted by atomic mass is 19.4. The molecule has 3 saturated heterocycles. The molecular formula is C36H45F6N7O4. The highest BCUT2D eigenvalue weighted by Gasteiger charge is 2.46. The van der Waals surface area contributed by atoms with Gasteiger partial charge >= 0.3 is 24.5 Å². The standard InChI is InChI=1S/C36H45F6N7O4/c1-45-14-16-46(17-15-45)24-7-10-47(11-8-24)32(50)26(18-22-19-27(35(37,38)39)31(43)28(20-22)36(40,41)42)30-21-25(9-13-49(30)34(52)53)48-12-6-23-4-2-3-5-29(23)44-33(48)51/h2-5,19-20,24-26,30H,6-18,21,43H2,1H3,(H,44,51)(H,52,53)/t25?,26?,30-/m0/s1. The van der Waals surface area contributed by atoms with Gasteiger partial charge in [0.25, 0.3) is 0 Å². The quantitative estimate of drug-likeness (QED) is 0.270. The molecular weight excluding hydrogens is 708 g/mol. The molecule has 3 fully saturated rings. The number of hydrogen-bond donors (Lipinski definition) is 3. The van der Waals surface area contributed by atoms with Gasteiger partial charge in [0.1, 0.15) is 0 Å². The number of amides is 4. The molecule has 6 rings (SSSR count). The maximum atomic E-state index is 14.6. The van der Waals surface area contributed by atoms with E-state index in [-0.39, 0.29) is 32.0 Å². The van der Waals surface area contributed by atoms with E-state index in [0.29, 0.717) is 50.2 Å². The molecule has 2 aromatic rings. The van der Waals surface area contributed by atoms with Crippen LogP contribution in [0.2, 0.25) is 0 Å². The summed E-state index contributed by atoms with van der Waals surface area (Å²) in [6.45, 7) is 4.31. The van der Waals surface area contributed by atoms with Crippen molar-refractivity contribution in [1.29, 1.82) is 0 Å². The summed E-state index contributed by atoms with van der Waals surface area (Å²) in [4.78, 5) is 49.6. The number of benzene rings is 2. The number of nitrogens with one attached hydrogen (secondary N) is 1. The fraction of sp³-hybridized carbons (Fsp3) is 0.583. The summed E-state index contributed by atoms with van der Waals surface area (Å²) in [6.07, 6.45) is -10.5. The zero-order valence-corrected chi connectivity index (χ0v) is 29.4. The SMILES string of the molecule is CN1CCN(C2CCN(C(=O)C(Cc3cc(C(F)(F)F)c(N)c(C(F)(F)F)c3)[C@@H]3CC(N4CCc5ccccc5NC4=O)CCN3C(=O)O)CC2)CC1. The molecule has 0 saturated carbocycles. The summed E-state index contributed by atoms with van der Waals surface area (Å²) >= 11 is 0. The lowest BCUT2D eigenvalue weighted by Gasteiger charge is -2.46. The molecule has 0 aromatic heterocycles. The summed E-state index contributed by atoms with van der Waals surface area (Å²) < 4.78 is 84.5. The van der Waals surface area contributed by atoms with Crippen LogP contribution in [0.4, 0.5) is 47.3 Å². The Bertz CT molecular complexity index is 1640. The van der Waals surface area contributed by atoms with E-state index in [1.54, 1.807) is 21.9 Å². The lowest BCUT2D eigenvalue weighted by atomic mass is 9.81. The second-order valence-electron chi connectivity index (χ2n) is 14.6. The molecule has 0 spiro atoms. The van der Waals surface area contributed by atoms with Crippen molar-refractivity contribution in [3.05, 3.63) is 58.7 Å². The fourth-order valence-corrected chi connectivity index (χ4v) is 8.43. The molecule has 3 atom stereocenters. The predicted molar refractivity (Wildman–Crippen MR) is 184 cm³/mol. The van der Waals surface area contributed by atoms with Gasteiger partial charge in [0.05, 0.1) is 22.7 Å². The number of anilines is 2. The van der Waals surface area contributed by atoms with E-state index in [1.807, 2.05) is 19.2 Å². The third kappa shape index (κ3) is 8.45. The zero-order chi connectivity index (χ0) is 38.2. The van der Waals surface area contributed by atoms with Crippen LogP contribution in [0.25, 0.3) is 0 Å². The van der Waals surface area contributed by atoms with Crippen molar-refractivity contribution in [2.75, 3.05) is 70.5 Å². The van der Waals surface area contributed by atoms with Crippen molar-refractivity contribution < 1.29 is 45.8 Å². The van der Waals surface area contributed by atoms with Crippen molar-refractivity contribution in [2.45, 2.75) is 69.0 Å². The van der Waals surface area contributed by atoms with Crippen molar-refractivity contribution >= 4 is 29.4 Å². The zero-order valence-electron chi connectivity index (χ0n) is 29.4. The van der Waals surface area contributed by atoms with Gasteiger partial charge in [-0.1, -0.05) is 18.2 Å².